The fourth-order valence-corrected chi connectivity index (χ4v) is 2.61. The van der Waals surface area contributed by atoms with Gasteiger partial charge in [0.2, 0.25) is 0 Å². The van der Waals surface area contributed by atoms with Gasteiger partial charge in [-0.1, -0.05) is 27.7 Å². The smallest absolute Gasteiger partial charge is 0.411 e. The molecule has 2 rings (SSSR count). The predicted octanol–water partition coefficient (Wildman–Crippen LogP) is 5.17. The van der Waals surface area contributed by atoms with Gasteiger partial charge in [-0.2, -0.15) is 0 Å². The Labute approximate surface area is 130 Å². The number of rotatable bonds is 4. The van der Waals surface area contributed by atoms with Crippen molar-refractivity contribution in [2.45, 2.75) is 16.7 Å². The molecule has 0 fully saturated rings. The maximum Gasteiger partial charge on any atom is 0.411 e. The molecule has 0 saturated carbocycles. The molecule has 5 heteroatoms. The Bertz CT molecular complexity index is 569. The van der Waals surface area contributed by atoms with E-state index in [2.05, 4.69) is 33.4 Å². The van der Waals surface area contributed by atoms with Crippen LogP contribution in [0, 0.1) is 0 Å². The van der Waals surface area contributed by atoms with E-state index in [0.29, 0.717) is 6.61 Å². The summed E-state index contributed by atoms with van der Waals surface area (Å²) in [5.74, 6) is 0. The minimum Gasteiger partial charge on any atom is -0.450 e. The third-order valence-electron chi connectivity index (χ3n) is 2.43. The number of anilines is 1. The van der Waals surface area contributed by atoms with Gasteiger partial charge in [0.15, 0.2) is 0 Å². The lowest BCUT2D eigenvalue weighted by atomic mass is 10.3. The SMILES string of the molecule is CCOC(=O)Nc1ccc(Sc2ccc(Br)cc2)cc1. The first-order valence-corrected chi connectivity index (χ1v) is 7.75. The lowest BCUT2D eigenvalue weighted by Gasteiger charge is -2.06. The van der Waals surface area contributed by atoms with Crippen LogP contribution in [0.15, 0.2) is 62.8 Å². The van der Waals surface area contributed by atoms with Crippen LogP contribution in [0.4, 0.5) is 10.5 Å². The summed E-state index contributed by atoms with van der Waals surface area (Å²) >= 11 is 5.08. The van der Waals surface area contributed by atoms with Crippen LogP contribution in [0.1, 0.15) is 6.92 Å². The molecule has 1 amide bonds. The van der Waals surface area contributed by atoms with Gasteiger partial charge in [0.25, 0.3) is 0 Å². The third kappa shape index (κ3) is 4.58. The van der Waals surface area contributed by atoms with Crippen LogP contribution in [0.25, 0.3) is 0 Å². The van der Waals surface area contributed by atoms with E-state index in [4.69, 9.17) is 4.74 Å². The molecule has 0 bridgehead atoms. The average Bonchev–Trinajstić information content (AvgIpc) is 2.44. The maximum absolute atomic E-state index is 11.3. The monoisotopic (exact) mass is 351 g/mol. The van der Waals surface area contributed by atoms with E-state index < -0.39 is 6.09 Å². The van der Waals surface area contributed by atoms with E-state index in [1.54, 1.807) is 18.7 Å². The number of hydrogen-bond donors (Lipinski definition) is 1. The molecule has 2 aromatic carbocycles. The topological polar surface area (TPSA) is 38.3 Å². The lowest BCUT2D eigenvalue weighted by Crippen LogP contribution is -2.12. The molecule has 0 aromatic heterocycles. The summed E-state index contributed by atoms with van der Waals surface area (Å²) < 4.78 is 5.89. The molecule has 0 aliphatic carbocycles. The Hall–Kier alpha value is -1.46. The van der Waals surface area contributed by atoms with Crippen LogP contribution in [0.2, 0.25) is 0 Å². The van der Waals surface area contributed by atoms with E-state index >= 15 is 0 Å². The van der Waals surface area contributed by atoms with Gasteiger partial charge >= 0.3 is 6.09 Å². The first kappa shape index (κ1) is 14.9. The summed E-state index contributed by atoms with van der Waals surface area (Å²) in [5, 5.41) is 2.66. The Morgan fingerprint density at radius 3 is 2.20 bits per heavy atom. The molecule has 0 saturated heterocycles. The number of carbonyl (C=O) groups excluding carboxylic acids is 1. The third-order valence-corrected chi connectivity index (χ3v) is 3.97. The summed E-state index contributed by atoms with van der Waals surface area (Å²) in [6, 6.07) is 15.8. The fourth-order valence-electron chi connectivity index (χ4n) is 1.53. The van der Waals surface area contributed by atoms with Gasteiger partial charge in [0, 0.05) is 20.0 Å². The first-order valence-electron chi connectivity index (χ1n) is 6.14. The highest BCUT2D eigenvalue weighted by Crippen LogP contribution is 2.29. The Morgan fingerprint density at radius 2 is 1.65 bits per heavy atom. The second kappa shape index (κ2) is 7.36. The minimum absolute atomic E-state index is 0.364. The number of carbonyl (C=O) groups is 1. The van der Waals surface area contributed by atoms with E-state index in [1.807, 2.05) is 36.4 Å². The van der Waals surface area contributed by atoms with Crippen molar-refractivity contribution in [3.05, 3.63) is 53.0 Å². The highest BCUT2D eigenvalue weighted by Gasteiger charge is 2.02. The molecule has 2 aromatic rings. The highest BCUT2D eigenvalue weighted by atomic mass is 79.9. The van der Waals surface area contributed by atoms with Crippen molar-refractivity contribution in [1.82, 2.24) is 0 Å². The summed E-state index contributed by atoms with van der Waals surface area (Å²) in [6.07, 6.45) is -0.430. The molecule has 0 radical (unpaired) electrons. The Kier molecular flexibility index (Phi) is 5.49. The summed E-state index contributed by atoms with van der Waals surface area (Å²) in [4.78, 5) is 13.6. The molecule has 1 N–H and O–H groups in total. The van der Waals surface area contributed by atoms with Crippen molar-refractivity contribution >= 4 is 39.5 Å². The predicted molar refractivity (Wildman–Crippen MR) is 85.4 cm³/mol. The van der Waals surface area contributed by atoms with E-state index in [0.717, 1.165) is 15.1 Å². The van der Waals surface area contributed by atoms with E-state index in [9.17, 15) is 4.79 Å². The van der Waals surface area contributed by atoms with Crippen molar-refractivity contribution in [3.63, 3.8) is 0 Å². The quantitative estimate of drug-likeness (QED) is 0.825. The molecule has 0 unspecified atom stereocenters. The van der Waals surface area contributed by atoms with Crippen molar-refractivity contribution in [3.8, 4) is 0 Å². The van der Waals surface area contributed by atoms with Crippen molar-refractivity contribution in [1.29, 1.82) is 0 Å². The van der Waals surface area contributed by atoms with E-state index in [-0.39, 0.29) is 0 Å². The minimum atomic E-state index is -0.430. The van der Waals surface area contributed by atoms with Crippen molar-refractivity contribution < 1.29 is 9.53 Å². The van der Waals surface area contributed by atoms with Crippen LogP contribution < -0.4 is 5.32 Å². The van der Waals surface area contributed by atoms with Crippen LogP contribution in [0.5, 0.6) is 0 Å². The second-order valence-electron chi connectivity index (χ2n) is 3.93. The van der Waals surface area contributed by atoms with Crippen LogP contribution in [-0.4, -0.2) is 12.7 Å². The van der Waals surface area contributed by atoms with Gasteiger partial charge in [0.05, 0.1) is 6.61 Å². The number of hydrogen-bond acceptors (Lipinski definition) is 3. The Balaban J connectivity index is 1.97. The maximum atomic E-state index is 11.3. The molecule has 20 heavy (non-hydrogen) atoms. The molecule has 0 spiro atoms. The first-order chi connectivity index (χ1) is 9.67. The molecule has 0 atom stereocenters. The molecular formula is C15H14BrNO2S. The average molecular weight is 352 g/mol. The van der Waals surface area contributed by atoms with Gasteiger partial charge in [-0.3, -0.25) is 5.32 Å². The summed E-state index contributed by atoms with van der Waals surface area (Å²) in [5.41, 5.74) is 0.726. The molecule has 0 aliphatic heterocycles. The zero-order valence-corrected chi connectivity index (χ0v) is 13.3. The second-order valence-corrected chi connectivity index (χ2v) is 5.99. The number of halogens is 1. The van der Waals surface area contributed by atoms with Gasteiger partial charge in [-0.05, 0) is 55.5 Å². The van der Waals surface area contributed by atoms with Crippen LogP contribution in [0.3, 0.4) is 0 Å². The summed E-state index contributed by atoms with van der Waals surface area (Å²) in [6.45, 7) is 2.14. The largest absolute Gasteiger partial charge is 0.450 e. The van der Waals surface area contributed by atoms with Gasteiger partial charge in [0.1, 0.15) is 0 Å². The number of amides is 1. The highest BCUT2D eigenvalue weighted by molar-refractivity contribution is 9.10. The Morgan fingerprint density at radius 1 is 1.10 bits per heavy atom. The molecular weight excluding hydrogens is 338 g/mol. The van der Waals surface area contributed by atoms with Crippen molar-refractivity contribution in [2.75, 3.05) is 11.9 Å². The standard InChI is InChI=1S/C15H14BrNO2S/c1-2-19-15(18)17-12-5-9-14(10-6-12)20-13-7-3-11(16)4-8-13/h3-10H,2H2,1H3,(H,17,18). The number of nitrogens with one attached hydrogen (secondary N) is 1. The molecule has 3 nitrogen and oxygen atoms in total. The number of ether oxygens (including phenoxy) is 1. The van der Waals surface area contributed by atoms with Crippen LogP contribution >= 0.6 is 27.7 Å². The van der Waals surface area contributed by atoms with Crippen molar-refractivity contribution in [2.24, 2.45) is 0 Å². The normalized spacial score (nSPS) is 10.1. The molecule has 0 heterocycles. The zero-order chi connectivity index (χ0) is 14.4. The van der Waals surface area contributed by atoms with E-state index in [1.165, 1.54) is 4.90 Å². The molecule has 0 aliphatic rings. The zero-order valence-electron chi connectivity index (χ0n) is 10.9. The van der Waals surface area contributed by atoms with Gasteiger partial charge in [-0.25, -0.2) is 4.79 Å². The summed E-state index contributed by atoms with van der Waals surface area (Å²) in [7, 11) is 0. The lowest BCUT2D eigenvalue weighted by molar-refractivity contribution is 0.168. The fraction of sp³-hybridized carbons (Fsp3) is 0.133. The van der Waals surface area contributed by atoms with Crippen LogP contribution in [-0.2, 0) is 4.74 Å². The molecule has 104 valence electrons. The number of benzene rings is 2. The van der Waals surface area contributed by atoms with Gasteiger partial charge in [-0.15, -0.1) is 0 Å². The van der Waals surface area contributed by atoms with Gasteiger partial charge < -0.3 is 4.74 Å².